The van der Waals surface area contributed by atoms with Gasteiger partial charge in [-0.2, -0.15) is 13.2 Å². The molecule has 0 fully saturated rings. The summed E-state index contributed by atoms with van der Waals surface area (Å²) in [5.41, 5.74) is -3.42. The number of pyridine rings is 2. The number of halogens is 4. The normalized spacial score (nSPS) is 11.8. The van der Waals surface area contributed by atoms with E-state index in [0.29, 0.717) is 5.69 Å². The molecule has 0 unspecified atom stereocenters. The first kappa shape index (κ1) is 13.2. The van der Waals surface area contributed by atoms with E-state index < -0.39 is 34.9 Å². The average molecular weight is 274 g/mol. The molecular formula is C11H6F4N2O2. The van der Waals surface area contributed by atoms with Crippen molar-refractivity contribution in [1.82, 2.24) is 9.97 Å². The van der Waals surface area contributed by atoms with Crippen LogP contribution in [0.25, 0.3) is 11.0 Å². The number of carboxylic acid groups (broad SMARTS) is 1. The number of rotatable bonds is 1. The van der Waals surface area contributed by atoms with Gasteiger partial charge in [0.05, 0.1) is 5.39 Å². The highest BCUT2D eigenvalue weighted by atomic mass is 19.4. The SMILES string of the molecule is Cc1ccc2c(F)c(C(=O)O)c(C(F)(F)F)nc2n1. The zero-order valence-corrected chi connectivity index (χ0v) is 9.42. The van der Waals surface area contributed by atoms with Gasteiger partial charge < -0.3 is 5.11 Å². The average Bonchev–Trinajstić information content (AvgIpc) is 2.26. The van der Waals surface area contributed by atoms with Crippen molar-refractivity contribution in [3.63, 3.8) is 0 Å². The van der Waals surface area contributed by atoms with Gasteiger partial charge in [0.25, 0.3) is 0 Å². The second-order valence-electron chi connectivity index (χ2n) is 3.78. The van der Waals surface area contributed by atoms with Crippen LogP contribution in [0.5, 0.6) is 0 Å². The summed E-state index contributed by atoms with van der Waals surface area (Å²) in [6.45, 7) is 1.50. The number of aromatic nitrogens is 2. The first-order chi connectivity index (χ1) is 8.71. The monoisotopic (exact) mass is 274 g/mol. The third kappa shape index (κ3) is 2.20. The largest absolute Gasteiger partial charge is 0.478 e. The van der Waals surface area contributed by atoms with Gasteiger partial charge in [0, 0.05) is 5.69 Å². The van der Waals surface area contributed by atoms with E-state index >= 15 is 0 Å². The molecule has 0 amide bonds. The lowest BCUT2D eigenvalue weighted by Crippen LogP contribution is -2.18. The molecule has 0 saturated heterocycles. The summed E-state index contributed by atoms with van der Waals surface area (Å²) in [4.78, 5) is 17.6. The number of nitrogens with zero attached hydrogens (tertiary/aromatic N) is 2. The molecule has 0 saturated carbocycles. The second-order valence-corrected chi connectivity index (χ2v) is 3.78. The molecule has 2 aromatic rings. The highest BCUT2D eigenvalue weighted by Crippen LogP contribution is 2.33. The Bertz CT molecular complexity index is 682. The molecular weight excluding hydrogens is 268 g/mol. The fraction of sp³-hybridized carbons (Fsp3) is 0.182. The van der Waals surface area contributed by atoms with Crippen molar-refractivity contribution < 1.29 is 27.5 Å². The minimum Gasteiger partial charge on any atom is -0.478 e. The Hall–Kier alpha value is -2.25. The van der Waals surface area contributed by atoms with Gasteiger partial charge in [-0.05, 0) is 19.1 Å². The van der Waals surface area contributed by atoms with Gasteiger partial charge in [-0.1, -0.05) is 0 Å². The summed E-state index contributed by atoms with van der Waals surface area (Å²) < 4.78 is 52.0. The second kappa shape index (κ2) is 4.15. The van der Waals surface area contributed by atoms with Crippen LogP contribution in [0.15, 0.2) is 12.1 Å². The van der Waals surface area contributed by atoms with Crippen LogP contribution in [-0.2, 0) is 6.18 Å². The van der Waals surface area contributed by atoms with Crippen LogP contribution in [0.1, 0.15) is 21.7 Å². The number of hydrogen-bond donors (Lipinski definition) is 1. The number of hydrogen-bond acceptors (Lipinski definition) is 3. The molecule has 0 bridgehead atoms. The van der Waals surface area contributed by atoms with Gasteiger partial charge in [-0.15, -0.1) is 0 Å². The maximum Gasteiger partial charge on any atom is 0.434 e. The van der Waals surface area contributed by atoms with Crippen LogP contribution >= 0.6 is 0 Å². The quantitative estimate of drug-likeness (QED) is 0.812. The van der Waals surface area contributed by atoms with E-state index in [1.165, 1.54) is 13.0 Å². The molecule has 0 spiro atoms. The Labute approximate surface area is 103 Å². The standard InChI is InChI=1S/C11H6F4N2O2/c1-4-2-3-5-7(12)6(10(18)19)8(11(13,14)15)17-9(5)16-4/h2-3H,1H3,(H,18,19). The van der Waals surface area contributed by atoms with E-state index in [1.807, 2.05) is 0 Å². The Morgan fingerprint density at radius 3 is 2.42 bits per heavy atom. The predicted molar refractivity (Wildman–Crippen MR) is 56.2 cm³/mol. The Morgan fingerprint density at radius 1 is 1.26 bits per heavy atom. The lowest BCUT2D eigenvalue weighted by atomic mass is 10.1. The highest BCUT2D eigenvalue weighted by Gasteiger charge is 2.40. The van der Waals surface area contributed by atoms with Gasteiger partial charge in [-0.3, -0.25) is 0 Å². The molecule has 8 heteroatoms. The molecule has 4 nitrogen and oxygen atoms in total. The third-order valence-electron chi connectivity index (χ3n) is 2.41. The number of aromatic carboxylic acids is 1. The van der Waals surface area contributed by atoms with Crippen molar-refractivity contribution in [3.05, 3.63) is 34.9 Å². The van der Waals surface area contributed by atoms with Crippen molar-refractivity contribution in [3.8, 4) is 0 Å². The number of carbonyl (C=O) groups is 1. The van der Waals surface area contributed by atoms with Crippen LogP contribution in [0.3, 0.4) is 0 Å². The fourth-order valence-electron chi connectivity index (χ4n) is 1.60. The minimum atomic E-state index is -5.08. The maximum absolute atomic E-state index is 13.9. The fourth-order valence-corrected chi connectivity index (χ4v) is 1.60. The van der Waals surface area contributed by atoms with E-state index in [-0.39, 0.29) is 5.39 Å². The number of aryl methyl sites for hydroxylation is 1. The molecule has 2 rings (SSSR count). The van der Waals surface area contributed by atoms with Crippen molar-refractivity contribution in [1.29, 1.82) is 0 Å². The van der Waals surface area contributed by atoms with Crippen molar-refractivity contribution in [2.45, 2.75) is 13.1 Å². The van der Waals surface area contributed by atoms with Crippen LogP contribution in [-0.4, -0.2) is 21.0 Å². The van der Waals surface area contributed by atoms with Gasteiger partial charge in [0.2, 0.25) is 0 Å². The predicted octanol–water partition coefficient (Wildman–Crippen LogP) is 2.79. The van der Waals surface area contributed by atoms with Gasteiger partial charge in [0.15, 0.2) is 17.2 Å². The molecule has 0 aliphatic rings. The molecule has 0 aliphatic heterocycles. The molecule has 0 radical (unpaired) electrons. The van der Waals surface area contributed by atoms with Crippen molar-refractivity contribution in [2.75, 3.05) is 0 Å². The van der Waals surface area contributed by atoms with Gasteiger partial charge in [-0.25, -0.2) is 19.2 Å². The number of fused-ring (bicyclic) bond motifs is 1. The van der Waals surface area contributed by atoms with E-state index in [2.05, 4.69) is 9.97 Å². The van der Waals surface area contributed by atoms with Crippen molar-refractivity contribution >= 4 is 17.0 Å². The summed E-state index contributed by atoms with van der Waals surface area (Å²) in [6, 6.07) is 2.50. The van der Waals surface area contributed by atoms with E-state index in [0.717, 1.165) is 6.07 Å². The summed E-state index contributed by atoms with van der Waals surface area (Å²) in [5, 5.41) is 8.36. The summed E-state index contributed by atoms with van der Waals surface area (Å²) in [6.07, 6.45) is -5.08. The first-order valence-electron chi connectivity index (χ1n) is 4.99. The van der Waals surface area contributed by atoms with Crippen LogP contribution < -0.4 is 0 Å². The third-order valence-corrected chi connectivity index (χ3v) is 2.41. The van der Waals surface area contributed by atoms with Crippen LogP contribution in [0.4, 0.5) is 17.6 Å². The van der Waals surface area contributed by atoms with E-state index in [4.69, 9.17) is 5.11 Å². The Morgan fingerprint density at radius 2 is 1.89 bits per heavy atom. The lowest BCUT2D eigenvalue weighted by Gasteiger charge is -2.11. The molecule has 2 heterocycles. The number of carboxylic acids is 1. The summed E-state index contributed by atoms with van der Waals surface area (Å²) in [5.74, 6) is -3.52. The van der Waals surface area contributed by atoms with Crippen LogP contribution in [0, 0.1) is 12.7 Å². The van der Waals surface area contributed by atoms with Crippen LogP contribution in [0.2, 0.25) is 0 Å². The topological polar surface area (TPSA) is 63.1 Å². The van der Waals surface area contributed by atoms with Gasteiger partial charge >= 0.3 is 12.1 Å². The van der Waals surface area contributed by atoms with E-state index in [1.54, 1.807) is 0 Å². The Kier molecular flexibility index (Phi) is 2.88. The Balaban J connectivity index is 2.94. The minimum absolute atomic E-state index is 0.343. The molecule has 0 atom stereocenters. The molecule has 19 heavy (non-hydrogen) atoms. The van der Waals surface area contributed by atoms with Gasteiger partial charge in [0.1, 0.15) is 5.56 Å². The summed E-state index contributed by atoms with van der Waals surface area (Å²) in [7, 11) is 0. The molecule has 2 aromatic heterocycles. The van der Waals surface area contributed by atoms with E-state index in [9.17, 15) is 22.4 Å². The number of alkyl halides is 3. The molecule has 0 aliphatic carbocycles. The molecule has 1 N–H and O–H groups in total. The maximum atomic E-state index is 13.9. The molecule has 0 aromatic carbocycles. The lowest BCUT2D eigenvalue weighted by molar-refractivity contribution is -0.141. The first-order valence-corrected chi connectivity index (χ1v) is 4.99. The van der Waals surface area contributed by atoms with Crippen molar-refractivity contribution in [2.24, 2.45) is 0 Å². The molecule has 100 valence electrons. The zero-order chi connectivity index (χ0) is 14.4. The highest BCUT2D eigenvalue weighted by molar-refractivity contribution is 5.94. The summed E-state index contributed by atoms with van der Waals surface area (Å²) >= 11 is 0. The zero-order valence-electron chi connectivity index (χ0n) is 9.42. The smallest absolute Gasteiger partial charge is 0.434 e.